The number of piperidine rings is 1. The highest BCUT2D eigenvalue weighted by Crippen LogP contribution is 2.23. The monoisotopic (exact) mass is 421 g/mol. The number of rotatable bonds is 8. The number of likely N-dealkylation sites (tertiary alicyclic amines) is 1. The van der Waals surface area contributed by atoms with Crippen LogP contribution in [0.25, 0.3) is 0 Å². The Hall–Kier alpha value is -1.44. The van der Waals surface area contributed by atoms with Gasteiger partial charge in [-0.25, -0.2) is 8.42 Å². The van der Waals surface area contributed by atoms with Crippen LogP contribution in [0.4, 0.5) is 0 Å². The second-order valence-electron chi connectivity index (χ2n) is 8.38. The Kier molecular flexibility index (Phi) is 8.09. The fourth-order valence-electron chi connectivity index (χ4n) is 4.39. The lowest BCUT2D eigenvalue weighted by atomic mass is 10.0. The molecule has 0 radical (unpaired) electrons. The molecule has 1 aromatic rings. The van der Waals surface area contributed by atoms with Gasteiger partial charge in [0.2, 0.25) is 5.91 Å². The van der Waals surface area contributed by atoms with Crippen molar-refractivity contribution in [3.05, 3.63) is 35.9 Å². The lowest BCUT2D eigenvalue weighted by Crippen LogP contribution is -2.47. The molecule has 6 nitrogen and oxygen atoms in total. The van der Waals surface area contributed by atoms with Crippen molar-refractivity contribution in [2.45, 2.75) is 51.1 Å². The van der Waals surface area contributed by atoms with E-state index in [0.717, 1.165) is 24.9 Å². The molecule has 2 saturated heterocycles. The first-order valence-electron chi connectivity index (χ1n) is 11.0. The van der Waals surface area contributed by atoms with Crippen molar-refractivity contribution in [2.75, 3.05) is 44.2 Å². The van der Waals surface area contributed by atoms with Crippen molar-refractivity contribution in [1.82, 2.24) is 15.1 Å². The molecule has 1 N–H and O–H groups in total. The molecular weight excluding hydrogens is 386 g/mol. The maximum absolute atomic E-state index is 13.0. The Labute approximate surface area is 175 Å². The highest BCUT2D eigenvalue weighted by molar-refractivity contribution is 7.91. The topological polar surface area (TPSA) is 69.7 Å². The number of unbranched alkanes of at least 4 members (excludes halogenated alkanes) is 1. The molecule has 1 amide bonds. The second-order valence-corrected chi connectivity index (χ2v) is 10.7. The number of nitrogens with zero attached hydrogens (tertiary/aromatic N) is 2. The zero-order valence-electron chi connectivity index (χ0n) is 17.6. The maximum Gasteiger partial charge on any atom is 0.241 e. The molecule has 29 heavy (non-hydrogen) atoms. The number of amides is 1. The molecule has 2 aliphatic rings. The van der Waals surface area contributed by atoms with Gasteiger partial charge < -0.3 is 10.2 Å². The maximum atomic E-state index is 13.0. The minimum Gasteiger partial charge on any atom is -0.354 e. The molecule has 2 unspecified atom stereocenters. The van der Waals surface area contributed by atoms with Crippen LogP contribution >= 0.6 is 0 Å². The zero-order chi connectivity index (χ0) is 20.7. The number of nitrogens with one attached hydrogen (secondary N) is 1. The Balaban J connectivity index is 1.50. The van der Waals surface area contributed by atoms with E-state index in [1.165, 1.54) is 25.8 Å². The number of carbonyl (C=O) groups excluding carboxylic acids is 1. The lowest BCUT2D eigenvalue weighted by Gasteiger charge is -2.34. The van der Waals surface area contributed by atoms with Gasteiger partial charge in [-0.3, -0.25) is 9.69 Å². The molecule has 0 spiro atoms. The number of hydrogen-bond donors (Lipinski definition) is 1. The quantitative estimate of drug-likeness (QED) is 0.652. The fourth-order valence-corrected chi connectivity index (χ4v) is 5.62. The molecule has 2 heterocycles. The third kappa shape index (κ3) is 6.52. The Morgan fingerprint density at radius 1 is 1.10 bits per heavy atom. The van der Waals surface area contributed by atoms with Gasteiger partial charge in [-0.2, -0.15) is 0 Å². The second kappa shape index (κ2) is 10.5. The Morgan fingerprint density at radius 2 is 1.83 bits per heavy atom. The van der Waals surface area contributed by atoms with Gasteiger partial charge >= 0.3 is 0 Å². The first-order valence-corrected chi connectivity index (χ1v) is 12.8. The Bertz CT molecular complexity index is 740. The van der Waals surface area contributed by atoms with Crippen LogP contribution in [0.15, 0.2) is 30.3 Å². The molecule has 3 rings (SSSR count). The number of sulfone groups is 1. The van der Waals surface area contributed by atoms with E-state index in [1.54, 1.807) is 0 Å². The van der Waals surface area contributed by atoms with E-state index < -0.39 is 15.9 Å². The summed E-state index contributed by atoms with van der Waals surface area (Å²) >= 11 is 0. The average Bonchev–Trinajstić information content (AvgIpc) is 2.71. The summed E-state index contributed by atoms with van der Waals surface area (Å²) in [5.74, 6) is 0.219. The SMILES string of the molecule is CC1CCCCN1CCCCNC(=O)C(c1ccccc1)N1CCS(=O)(=O)CC1. The van der Waals surface area contributed by atoms with Gasteiger partial charge in [0.25, 0.3) is 0 Å². The van der Waals surface area contributed by atoms with Crippen LogP contribution in [0, 0.1) is 0 Å². The lowest BCUT2D eigenvalue weighted by molar-refractivity contribution is -0.126. The summed E-state index contributed by atoms with van der Waals surface area (Å²) in [5, 5.41) is 3.10. The van der Waals surface area contributed by atoms with Gasteiger partial charge in [0.15, 0.2) is 9.84 Å². The van der Waals surface area contributed by atoms with E-state index in [4.69, 9.17) is 0 Å². The van der Waals surface area contributed by atoms with Crippen molar-refractivity contribution >= 4 is 15.7 Å². The van der Waals surface area contributed by atoms with Crippen LogP contribution in [0.2, 0.25) is 0 Å². The predicted molar refractivity (Wildman–Crippen MR) is 117 cm³/mol. The highest BCUT2D eigenvalue weighted by atomic mass is 32.2. The molecule has 7 heteroatoms. The molecule has 0 saturated carbocycles. The molecule has 162 valence electrons. The number of carbonyl (C=O) groups is 1. The number of hydrogen-bond acceptors (Lipinski definition) is 5. The molecule has 0 aromatic heterocycles. The largest absolute Gasteiger partial charge is 0.354 e. The molecule has 0 aliphatic carbocycles. The van der Waals surface area contributed by atoms with Crippen molar-refractivity contribution in [3.8, 4) is 0 Å². The smallest absolute Gasteiger partial charge is 0.241 e. The minimum absolute atomic E-state index is 0.0261. The Morgan fingerprint density at radius 3 is 2.52 bits per heavy atom. The zero-order valence-corrected chi connectivity index (χ0v) is 18.4. The van der Waals surface area contributed by atoms with Crippen LogP contribution < -0.4 is 5.32 Å². The number of benzene rings is 1. The molecular formula is C22H35N3O3S. The van der Waals surface area contributed by atoms with Gasteiger partial charge in [0, 0.05) is 25.7 Å². The van der Waals surface area contributed by atoms with Crippen LogP contribution in [0.1, 0.15) is 50.6 Å². The molecule has 1 aromatic carbocycles. The van der Waals surface area contributed by atoms with Crippen LogP contribution in [-0.4, -0.2) is 74.4 Å². The van der Waals surface area contributed by atoms with Gasteiger partial charge in [-0.15, -0.1) is 0 Å². The predicted octanol–water partition coefficient (Wildman–Crippen LogP) is 2.23. The summed E-state index contributed by atoms with van der Waals surface area (Å²) in [4.78, 5) is 17.6. The van der Waals surface area contributed by atoms with Crippen LogP contribution in [0.3, 0.4) is 0 Å². The molecule has 2 atom stereocenters. The van der Waals surface area contributed by atoms with E-state index in [1.807, 2.05) is 35.2 Å². The average molecular weight is 422 g/mol. The summed E-state index contributed by atoms with van der Waals surface area (Å²) in [7, 11) is -2.97. The summed E-state index contributed by atoms with van der Waals surface area (Å²) in [6, 6.07) is 9.94. The van der Waals surface area contributed by atoms with Crippen LogP contribution in [0.5, 0.6) is 0 Å². The summed E-state index contributed by atoms with van der Waals surface area (Å²) in [5.41, 5.74) is 0.923. The summed E-state index contributed by atoms with van der Waals surface area (Å²) in [6.45, 7) is 6.08. The molecule has 2 fully saturated rings. The summed E-state index contributed by atoms with van der Waals surface area (Å²) < 4.78 is 23.6. The normalized spacial score (nSPS) is 24.1. The van der Waals surface area contributed by atoms with E-state index in [9.17, 15) is 13.2 Å². The summed E-state index contributed by atoms with van der Waals surface area (Å²) in [6.07, 6.45) is 5.98. The van der Waals surface area contributed by atoms with Crippen molar-refractivity contribution in [2.24, 2.45) is 0 Å². The standard InChI is InChI=1S/C22H35N3O3S/c1-19-9-5-7-13-24(19)14-8-6-12-23-22(26)21(20-10-3-2-4-11-20)25-15-17-29(27,28)18-16-25/h2-4,10-11,19,21H,5-9,12-18H2,1H3,(H,23,26). The van der Waals surface area contributed by atoms with Crippen molar-refractivity contribution in [1.29, 1.82) is 0 Å². The first kappa shape index (κ1) is 22.2. The third-order valence-electron chi connectivity index (χ3n) is 6.22. The van der Waals surface area contributed by atoms with Crippen molar-refractivity contribution in [3.63, 3.8) is 0 Å². The minimum atomic E-state index is -2.97. The van der Waals surface area contributed by atoms with E-state index >= 15 is 0 Å². The van der Waals surface area contributed by atoms with E-state index in [0.29, 0.717) is 25.7 Å². The van der Waals surface area contributed by atoms with Gasteiger partial charge in [0.05, 0.1) is 11.5 Å². The fraction of sp³-hybridized carbons (Fsp3) is 0.682. The van der Waals surface area contributed by atoms with Gasteiger partial charge in [-0.05, 0) is 51.3 Å². The van der Waals surface area contributed by atoms with Gasteiger partial charge in [0.1, 0.15) is 6.04 Å². The first-order chi connectivity index (χ1) is 14.0. The third-order valence-corrected chi connectivity index (χ3v) is 7.83. The van der Waals surface area contributed by atoms with Crippen molar-refractivity contribution < 1.29 is 13.2 Å². The molecule has 0 bridgehead atoms. The molecule has 2 aliphatic heterocycles. The highest BCUT2D eigenvalue weighted by Gasteiger charge is 2.32. The van der Waals surface area contributed by atoms with E-state index in [2.05, 4.69) is 17.1 Å². The van der Waals surface area contributed by atoms with E-state index in [-0.39, 0.29) is 17.4 Å². The van der Waals surface area contributed by atoms with Gasteiger partial charge in [-0.1, -0.05) is 36.8 Å². The van der Waals surface area contributed by atoms with Crippen LogP contribution in [-0.2, 0) is 14.6 Å².